The highest BCUT2D eigenvalue weighted by Crippen LogP contribution is 2.24. The van der Waals surface area contributed by atoms with Crippen LogP contribution in [-0.2, 0) is 0 Å². The summed E-state index contributed by atoms with van der Waals surface area (Å²) < 4.78 is 37.2. The number of alkyl halides is 3. The third kappa shape index (κ3) is 9.12. The zero-order valence-electron chi connectivity index (χ0n) is 14.8. The molecule has 1 aliphatic heterocycles. The summed E-state index contributed by atoms with van der Waals surface area (Å²) in [5, 5.41) is 6.69. The monoisotopic (exact) mass is 474 g/mol. The Kier molecular flexibility index (Phi) is 10.1. The van der Waals surface area contributed by atoms with Crippen LogP contribution in [0.4, 0.5) is 13.2 Å². The van der Waals surface area contributed by atoms with E-state index in [-0.39, 0.29) is 24.0 Å². The largest absolute Gasteiger partial charge is 0.401 e. The highest BCUT2D eigenvalue weighted by Gasteiger charge is 2.32. The van der Waals surface area contributed by atoms with Gasteiger partial charge in [0.2, 0.25) is 0 Å². The first-order valence-electron chi connectivity index (χ1n) is 8.95. The number of nitrogens with zero attached hydrogens (tertiary/aromatic N) is 2. The number of hydrogen-bond donors (Lipinski definition) is 2. The van der Waals surface area contributed by atoms with Crippen LogP contribution in [-0.4, -0.2) is 55.8 Å². The predicted molar refractivity (Wildman–Crippen MR) is 107 cm³/mol. The van der Waals surface area contributed by atoms with E-state index in [9.17, 15) is 13.2 Å². The summed E-state index contributed by atoms with van der Waals surface area (Å²) in [5.41, 5.74) is 0. The van der Waals surface area contributed by atoms with Crippen molar-refractivity contribution in [2.45, 2.75) is 51.2 Å². The maximum absolute atomic E-state index is 12.4. The van der Waals surface area contributed by atoms with Crippen LogP contribution in [0.25, 0.3) is 0 Å². The van der Waals surface area contributed by atoms with Crippen molar-refractivity contribution in [3.05, 3.63) is 12.2 Å². The maximum atomic E-state index is 12.4. The molecule has 0 bridgehead atoms. The van der Waals surface area contributed by atoms with Gasteiger partial charge in [-0.1, -0.05) is 12.2 Å². The molecule has 1 fully saturated rings. The second-order valence-corrected chi connectivity index (χ2v) is 6.67. The van der Waals surface area contributed by atoms with Crippen molar-refractivity contribution < 1.29 is 13.2 Å². The molecule has 0 aromatic rings. The van der Waals surface area contributed by atoms with Crippen molar-refractivity contribution in [2.75, 3.05) is 32.7 Å². The molecule has 0 aromatic heterocycles. The highest BCUT2D eigenvalue weighted by atomic mass is 127. The lowest BCUT2D eigenvalue weighted by molar-refractivity contribution is -0.148. The van der Waals surface area contributed by atoms with E-state index in [1.165, 1.54) is 4.90 Å². The van der Waals surface area contributed by atoms with E-state index in [4.69, 9.17) is 0 Å². The SMILES string of the molecule is CCNC(=NCCC1CCN(CC(F)(F)F)CC1)NC1CC=CC1.I. The third-order valence-corrected chi connectivity index (χ3v) is 4.61. The average molecular weight is 474 g/mol. The lowest BCUT2D eigenvalue weighted by Crippen LogP contribution is -2.42. The van der Waals surface area contributed by atoms with E-state index in [0.29, 0.717) is 25.0 Å². The molecule has 1 heterocycles. The Balaban J connectivity index is 0.00000312. The summed E-state index contributed by atoms with van der Waals surface area (Å²) in [6.45, 7) is 3.89. The van der Waals surface area contributed by atoms with Gasteiger partial charge in [-0.25, -0.2) is 0 Å². The van der Waals surface area contributed by atoms with E-state index < -0.39 is 12.7 Å². The molecule has 2 N–H and O–H groups in total. The van der Waals surface area contributed by atoms with Crippen LogP contribution in [0, 0.1) is 5.92 Å². The molecule has 0 atom stereocenters. The quantitative estimate of drug-likeness (QED) is 0.268. The summed E-state index contributed by atoms with van der Waals surface area (Å²) in [4.78, 5) is 6.13. The number of halogens is 4. The Morgan fingerprint density at radius 3 is 2.40 bits per heavy atom. The molecule has 0 radical (unpaired) electrons. The highest BCUT2D eigenvalue weighted by molar-refractivity contribution is 14.0. The van der Waals surface area contributed by atoms with Crippen LogP contribution >= 0.6 is 24.0 Å². The molecule has 0 aromatic carbocycles. The van der Waals surface area contributed by atoms with Crippen LogP contribution < -0.4 is 10.6 Å². The minimum absolute atomic E-state index is 0. The standard InChI is InChI=1S/C17H29F3N4.HI/c1-2-21-16(23-15-5-3-4-6-15)22-10-7-14-8-11-24(12-9-14)13-17(18,19)20;/h3-4,14-15H,2,5-13H2,1H3,(H2,21,22,23);1H. The number of rotatable bonds is 6. The minimum atomic E-state index is -4.08. The number of aliphatic imine (C=N–C) groups is 1. The summed E-state index contributed by atoms with van der Waals surface area (Å²) in [5.74, 6) is 1.33. The van der Waals surface area contributed by atoms with Crippen molar-refractivity contribution in [1.29, 1.82) is 0 Å². The molecule has 8 heteroatoms. The molecule has 0 spiro atoms. The van der Waals surface area contributed by atoms with Gasteiger partial charge in [-0.2, -0.15) is 13.2 Å². The second kappa shape index (κ2) is 11.3. The van der Waals surface area contributed by atoms with Gasteiger partial charge in [0.25, 0.3) is 0 Å². The smallest absolute Gasteiger partial charge is 0.357 e. The van der Waals surface area contributed by atoms with Gasteiger partial charge in [-0.3, -0.25) is 9.89 Å². The van der Waals surface area contributed by atoms with Crippen molar-refractivity contribution in [3.63, 3.8) is 0 Å². The van der Waals surface area contributed by atoms with Gasteiger partial charge >= 0.3 is 6.18 Å². The van der Waals surface area contributed by atoms with Crippen LogP contribution in [0.15, 0.2) is 17.1 Å². The molecule has 2 rings (SSSR count). The molecule has 146 valence electrons. The lowest BCUT2D eigenvalue weighted by atomic mass is 9.93. The van der Waals surface area contributed by atoms with Crippen LogP contribution in [0.2, 0.25) is 0 Å². The first kappa shape index (κ1) is 22.5. The number of piperidine rings is 1. The number of likely N-dealkylation sites (tertiary alicyclic amines) is 1. The molecule has 4 nitrogen and oxygen atoms in total. The normalized spacial score (nSPS) is 20.6. The molecular weight excluding hydrogens is 444 g/mol. The molecular formula is C17H30F3IN4. The van der Waals surface area contributed by atoms with Gasteiger partial charge in [0.1, 0.15) is 0 Å². The number of hydrogen-bond acceptors (Lipinski definition) is 2. The topological polar surface area (TPSA) is 39.7 Å². The minimum Gasteiger partial charge on any atom is -0.357 e. The first-order valence-corrected chi connectivity index (χ1v) is 8.95. The summed E-state index contributed by atoms with van der Waals surface area (Å²) >= 11 is 0. The van der Waals surface area contributed by atoms with E-state index in [2.05, 4.69) is 27.8 Å². The lowest BCUT2D eigenvalue weighted by Gasteiger charge is -2.32. The predicted octanol–water partition coefficient (Wildman–Crippen LogP) is 3.54. The van der Waals surface area contributed by atoms with Crippen LogP contribution in [0.5, 0.6) is 0 Å². The van der Waals surface area contributed by atoms with Crippen molar-refractivity contribution in [2.24, 2.45) is 10.9 Å². The Bertz CT molecular complexity index is 424. The molecule has 2 aliphatic rings. The van der Waals surface area contributed by atoms with Crippen molar-refractivity contribution >= 4 is 29.9 Å². The number of nitrogens with one attached hydrogen (secondary N) is 2. The first-order chi connectivity index (χ1) is 11.5. The Hall–Kier alpha value is -0.510. The van der Waals surface area contributed by atoms with Gasteiger partial charge in [-0.15, -0.1) is 24.0 Å². The van der Waals surface area contributed by atoms with E-state index in [1.807, 2.05) is 6.92 Å². The van der Waals surface area contributed by atoms with Crippen LogP contribution in [0.3, 0.4) is 0 Å². The van der Waals surface area contributed by atoms with Gasteiger partial charge in [-0.05, 0) is 58.0 Å². The van der Waals surface area contributed by atoms with E-state index in [1.54, 1.807) is 0 Å². The second-order valence-electron chi connectivity index (χ2n) is 6.67. The summed E-state index contributed by atoms with van der Waals surface area (Å²) in [6.07, 6.45) is 4.94. The van der Waals surface area contributed by atoms with Gasteiger partial charge < -0.3 is 10.6 Å². The fraction of sp³-hybridized carbons (Fsp3) is 0.824. The molecule has 1 aliphatic carbocycles. The zero-order chi connectivity index (χ0) is 17.4. The fourth-order valence-electron chi connectivity index (χ4n) is 3.29. The van der Waals surface area contributed by atoms with E-state index in [0.717, 1.165) is 51.2 Å². The Morgan fingerprint density at radius 2 is 1.84 bits per heavy atom. The van der Waals surface area contributed by atoms with Crippen molar-refractivity contribution in [1.82, 2.24) is 15.5 Å². The molecule has 0 unspecified atom stereocenters. The zero-order valence-corrected chi connectivity index (χ0v) is 17.1. The summed E-state index contributed by atoms with van der Waals surface area (Å²) in [6, 6.07) is 0.424. The van der Waals surface area contributed by atoms with Gasteiger partial charge in [0.05, 0.1) is 6.54 Å². The third-order valence-electron chi connectivity index (χ3n) is 4.61. The molecule has 0 amide bonds. The van der Waals surface area contributed by atoms with Crippen molar-refractivity contribution in [3.8, 4) is 0 Å². The molecule has 0 saturated carbocycles. The fourth-order valence-corrected chi connectivity index (χ4v) is 3.29. The maximum Gasteiger partial charge on any atom is 0.401 e. The number of guanidine groups is 1. The van der Waals surface area contributed by atoms with E-state index >= 15 is 0 Å². The Morgan fingerprint density at radius 1 is 1.20 bits per heavy atom. The molecule has 25 heavy (non-hydrogen) atoms. The summed E-state index contributed by atoms with van der Waals surface area (Å²) in [7, 11) is 0. The average Bonchev–Trinajstić information content (AvgIpc) is 3.01. The van der Waals surface area contributed by atoms with Gasteiger partial charge in [0.15, 0.2) is 5.96 Å². The van der Waals surface area contributed by atoms with Gasteiger partial charge in [0, 0.05) is 19.1 Å². The van der Waals surface area contributed by atoms with Crippen LogP contribution in [0.1, 0.15) is 39.0 Å². The Labute approximate surface area is 165 Å². The molecule has 1 saturated heterocycles.